The molecule has 2 rings (SSSR count). The predicted octanol–water partition coefficient (Wildman–Crippen LogP) is 3.14. The van der Waals surface area contributed by atoms with Crippen molar-refractivity contribution in [2.45, 2.75) is 20.8 Å². The van der Waals surface area contributed by atoms with E-state index in [1.807, 2.05) is 13.8 Å². The molecule has 2 heterocycles. The van der Waals surface area contributed by atoms with Crippen LogP contribution in [0, 0.1) is 0 Å². The highest BCUT2D eigenvalue weighted by molar-refractivity contribution is 5.88. The summed E-state index contributed by atoms with van der Waals surface area (Å²) in [5, 5.41) is 3.58. The van der Waals surface area contributed by atoms with Crippen LogP contribution in [0.4, 0.5) is 0 Å². The summed E-state index contributed by atoms with van der Waals surface area (Å²) < 4.78 is 14.8. The number of esters is 1. The summed E-state index contributed by atoms with van der Waals surface area (Å²) in [5.74, 6) is 0.431. The van der Waals surface area contributed by atoms with Crippen LogP contribution in [0.1, 0.15) is 31.3 Å². The van der Waals surface area contributed by atoms with Gasteiger partial charge < -0.3 is 13.7 Å². The molecule has 0 bridgehead atoms. The van der Waals surface area contributed by atoms with Crippen molar-refractivity contribution in [3.63, 3.8) is 0 Å². The average Bonchev–Trinajstić information content (AvgIpc) is 3.03. The monoisotopic (exact) mass is 237 g/mol. The van der Waals surface area contributed by atoms with Gasteiger partial charge in [0.1, 0.15) is 0 Å². The Kier molecular flexibility index (Phi) is 5.00. The smallest absolute Gasteiger partial charge is 0.360 e. The van der Waals surface area contributed by atoms with Crippen LogP contribution in [0.3, 0.4) is 0 Å². The molecule has 0 fully saturated rings. The van der Waals surface area contributed by atoms with E-state index in [1.165, 1.54) is 12.3 Å². The van der Waals surface area contributed by atoms with Gasteiger partial charge in [-0.15, -0.1) is 0 Å². The molecule has 0 aliphatic carbocycles. The quantitative estimate of drug-likeness (QED) is 0.767. The van der Waals surface area contributed by atoms with Gasteiger partial charge in [0.15, 0.2) is 11.5 Å². The Morgan fingerprint density at radius 3 is 2.76 bits per heavy atom. The minimum Gasteiger partial charge on any atom is -0.461 e. The minimum atomic E-state index is -0.501. The number of rotatable bonds is 3. The molecule has 0 unspecified atom stereocenters. The predicted molar refractivity (Wildman–Crippen MR) is 61.5 cm³/mol. The van der Waals surface area contributed by atoms with Gasteiger partial charge in [-0.05, 0) is 19.1 Å². The molecular weight excluding hydrogens is 222 g/mol. The number of carbonyl (C=O) groups excluding carboxylic acids is 1. The molecule has 0 aliphatic rings. The van der Waals surface area contributed by atoms with Gasteiger partial charge in [-0.2, -0.15) is 0 Å². The highest BCUT2D eigenvalue weighted by Crippen LogP contribution is 2.20. The number of hydrogen-bond donors (Lipinski definition) is 0. The van der Waals surface area contributed by atoms with Crippen LogP contribution in [-0.2, 0) is 4.74 Å². The van der Waals surface area contributed by atoms with Crippen LogP contribution in [0.15, 0.2) is 33.4 Å². The number of hydrogen-bond acceptors (Lipinski definition) is 5. The zero-order chi connectivity index (χ0) is 12.7. The van der Waals surface area contributed by atoms with Crippen LogP contribution in [0.2, 0.25) is 0 Å². The molecule has 5 heteroatoms. The van der Waals surface area contributed by atoms with Crippen LogP contribution >= 0.6 is 0 Å². The first kappa shape index (κ1) is 13.0. The maximum Gasteiger partial charge on any atom is 0.360 e. The van der Waals surface area contributed by atoms with Crippen molar-refractivity contribution in [1.82, 2.24) is 5.16 Å². The fraction of sp³-hybridized carbons (Fsp3) is 0.333. The zero-order valence-electron chi connectivity index (χ0n) is 10.1. The molecule has 2 aromatic heterocycles. The van der Waals surface area contributed by atoms with Crippen molar-refractivity contribution in [1.29, 1.82) is 0 Å². The first-order valence-corrected chi connectivity index (χ1v) is 5.49. The number of nitrogens with zero attached hydrogens (tertiary/aromatic N) is 1. The summed E-state index contributed by atoms with van der Waals surface area (Å²) in [7, 11) is 0. The zero-order valence-corrected chi connectivity index (χ0v) is 10.1. The molecule has 0 spiro atoms. The number of aromatic nitrogens is 1. The minimum absolute atomic E-state index is 0.142. The standard InChI is InChI=1S/C10H9NO4.C2H6/c1-2-13-10(12)7-6-9(15-11-7)8-4-3-5-14-8;1-2/h3-6H,2H2,1H3;1-2H3. The molecule has 92 valence electrons. The summed E-state index contributed by atoms with van der Waals surface area (Å²) in [4.78, 5) is 11.3. The van der Waals surface area contributed by atoms with Gasteiger partial charge in [0.25, 0.3) is 0 Å². The van der Waals surface area contributed by atoms with E-state index in [0.29, 0.717) is 18.1 Å². The van der Waals surface area contributed by atoms with E-state index in [2.05, 4.69) is 5.16 Å². The summed E-state index contributed by atoms with van der Waals surface area (Å²) in [6.07, 6.45) is 1.52. The maximum atomic E-state index is 11.3. The number of carbonyl (C=O) groups is 1. The Balaban J connectivity index is 0.000000686. The van der Waals surface area contributed by atoms with E-state index in [-0.39, 0.29) is 5.69 Å². The van der Waals surface area contributed by atoms with Crippen molar-refractivity contribution in [3.8, 4) is 11.5 Å². The van der Waals surface area contributed by atoms with Crippen molar-refractivity contribution >= 4 is 5.97 Å². The lowest BCUT2D eigenvalue weighted by Gasteiger charge is -1.94. The molecule has 0 atom stereocenters. The van der Waals surface area contributed by atoms with E-state index in [4.69, 9.17) is 13.7 Å². The van der Waals surface area contributed by atoms with Crippen LogP contribution in [0.25, 0.3) is 11.5 Å². The molecule has 0 amide bonds. The highest BCUT2D eigenvalue weighted by Gasteiger charge is 2.15. The third-order valence-electron chi connectivity index (χ3n) is 1.76. The van der Waals surface area contributed by atoms with Crippen molar-refractivity contribution in [3.05, 3.63) is 30.2 Å². The Hall–Kier alpha value is -2.04. The molecule has 17 heavy (non-hydrogen) atoms. The van der Waals surface area contributed by atoms with E-state index < -0.39 is 5.97 Å². The molecule has 0 saturated carbocycles. The second kappa shape index (κ2) is 6.52. The largest absolute Gasteiger partial charge is 0.461 e. The van der Waals surface area contributed by atoms with Crippen molar-refractivity contribution < 1.29 is 18.5 Å². The molecule has 0 aliphatic heterocycles. The van der Waals surface area contributed by atoms with Gasteiger partial charge in [-0.1, -0.05) is 19.0 Å². The summed E-state index contributed by atoms with van der Waals surface area (Å²) in [6, 6.07) is 4.92. The number of ether oxygens (including phenoxy) is 1. The third-order valence-corrected chi connectivity index (χ3v) is 1.76. The van der Waals surface area contributed by atoms with E-state index in [1.54, 1.807) is 19.1 Å². The van der Waals surface area contributed by atoms with Gasteiger partial charge in [-0.25, -0.2) is 4.79 Å². The average molecular weight is 237 g/mol. The second-order valence-electron chi connectivity index (χ2n) is 2.77. The van der Waals surface area contributed by atoms with Crippen molar-refractivity contribution in [2.24, 2.45) is 0 Å². The SMILES string of the molecule is CC.CCOC(=O)c1cc(-c2ccco2)on1. The molecule has 0 saturated heterocycles. The fourth-order valence-corrected chi connectivity index (χ4v) is 1.11. The van der Waals surface area contributed by atoms with E-state index >= 15 is 0 Å². The third kappa shape index (κ3) is 3.21. The summed E-state index contributed by atoms with van der Waals surface area (Å²) >= 11 is 0. The topological polar surface area (TPSA) is 65.5 Å². The molecule has 0 aromatic carbocycles. The van der Waals surface area contributed by atoms with Crippen molar-refractivity contribution in [2.75, 3.05) is 6.61 Å². The van der Waals surface area contributed by atoms with Gasteiger partial charge in [-0.3, -0.25) is 0 Å². The Morgan fingerprint density at radius 1 is 1.41 bits per heavy atom. The van der Waals surface area contributed by atoms with Crippen LogP contribution in [0.5, 0.6) is 0 Å². The Labute approximate surface area is 99.4 Å². The fourth-order valence-electron chi connectivity index (χ4n) is 1.11. The first-order valence-electron chi connectivity index (χ1n) is 5.49. The van der Waals surface area contributed by atoms with Gasteiger partial charge in [0, 0.05) is 6.07 Å². The normalized spacial score (nSPS) is 9.35. The lowest BCUT2D eigenvalue weighted by Crippen LogP contribution is -2.04. The van der Waals surface area contributed by atoms with Gasteiger partial charge in [0.05, 0.1) is 12.9 Å². The van der Waals surface area contributed by atoms with E-state index in [0.717, 1.165) is 0 Å². The van der Waals surface area contributed by atoms with Gasteiger partial charge in [0.2, 0.25) is 5.76 Å². The summed E-state index contributed by atoms with van der Waals surface area (Å²) in [6.45, 7) is 6.03. The molecule has 0 N–H and O–H groups in total. The Bertz CT molecular complexity index is 445. The molecule has 0 radical (unpaired) electrons. The Morgan fingerprint density at radius 2 is 2.18 bits per heavy atom. The maximum absolute atomic E-state index is 11.3. The lowest BCUT2D eigenvalue weighted by atomic mass is 10.3. The summed E-state index contributed by atoms with van der Waals surface area (Å²) in [5.41, 5.74) is 0.142. The second-order valence-corrected chi connectivity index (χ2v) is 2.77. The highest BCUT2D eigenvalue weighted by atomic mass is 16.5. The molecule has 2 aromatic rings. The first-order chi connectivity index (χ1) is 8.31. The van der Waals surface area contributed by atoms with E-state index in [9.17, 15) is 4.79 Å². The van der Waals surface area contributed by atoms with Gasteiger partial charge >= 0.3 is 5.97 Å². The van der Waals surface area contributed by atoms with Crippen LogP contribution < -0.4 is 0 Å². The molecular formula is C12H15NO4. The number of furan rings is 1. The van der Waals surface area contributed by atoms with Crippen LogP contribution in [-0.4, -0.2) is 17.7 Å². The molecule has 5 nitrogen and oxygen atoms in total. The lowest BCUT2D eigenvalue weighted by molar-refractivity contribution is 0.0514.